The molecule has 5 heteroatoms. The molecule has 0 fully saturated rings. The zero-order chi connectivity index (χ0) is 15.4. The van der Waals surface area contributed by atoms with E-state index in [1.807, 2.05) is 45.0 Å². The van der Waals surface area contributed by atoms with Crippen molar-refractivity contribution in [3.8, 4) is 11.5 Å². The molecule has 1 atom stereocenters. The Morgan fingerprint density at radius 3 is 2.29 bits per heavy atom. The van der Waals surface area contributed by atoms with E-state index in [2.05, 4.69) is 15.9 Å². The summed E-state index contributed by atoms with van der Waals surface area (Å²) in [5.41, 5.74) is 0.887. The zero-order valence-electron chi connectivity index (χ0n) is 12.3. The monoisotopic (exact) mass is 372 g/mol. The van der Waals surface area contributed by atoms with E-state index in [4.69, 9.17) is 25.5 Å². The lowest BCUT2D eigenvalue weighted by Crippen LogP contribution is -2.01. The van der Waals surface area contributed by atoms with Crippen LogP contribution in [0.15, 0.2) is 33.2 Å². The molecule has 0 N–H and O–H groups in total. The minimum Gasteiger partial charge on any atom is -0.490 e. The van der Waals surface area contributed by atoms with Crippen molar-refractivity contribution >= 4 is 27.5 Å². The predicted molar refractivity (Wildman–Crippen MR) is 87.6 cm³/mol. The van der Waals surface area contributed by atoms with Gasteiger partial charge in [-0.1, -0.05) is 15.9 Å². The second-order valence-electron chi connectivity index (χ2n) is 4.50. The van der Waals surface area contributed by atoms with Crippen LogP contribution in [0.5, 0.6) is 11.5 Å². The van der Waals surface area contributed by atoms with Gasteiger partial charge in [0.05, 0.1) is 13.2 Å². The topological polar surface area (TPSA) is 31.6 Å². The number of benzene rings is 1. The van der Waals surface area contributed by atoms with Gasteiger partial charge in [-0.25, -0.2) is 0 Å². The van der Waals surface area contributed by atoms with Crippen molar-refractivity contribution in [1.82, 2.24) is 0 Å². The summed E-state index contributed by atoms with van der Waals surface area (Å²) in [7, 11) is 0. The Morgan fingerprint density at radius 2 is 1.76 bits per heavy atom. The van der Waals surface area contributed by atoms with Gasteiger partial charge in [-0.3, -0.25) is 0 Å². The SMILES string of the molecule is CCOc1cc(Br)c(C(Cl)c2ccc(C)o2)cc1OCC. The van der Waals surface area contributed by atoms with E-state index < -0.39 is 0 Å². The molecule has 21 heavy (non-hydrogen) atoms. The summed E-state index contributed by atoms with van der Waals surface area (Å²) >= 11 is 10.1. The first kappa shape index (κ1) is 16.2. The Kier molecular flexibility index (Phi) is 5.59. The molecule has 1 unspecified atom stereocenters. The van der Waals surface area contributed by atoms with Crippen molar-refractivity contribution in [2.45, 2.75) is 26.1 Å². The van der Waals surface area contributed by atoms with E-state index in [9.17, 15) is 0 Å². The van der Waals surface area contributed by atoms with Gasteiger partial charge in [0.15, 0.2) is 11.5 Å². The van der Waals surface area contributed by atoms with Crippen LogP contribution in [-0.2, 0) is 0 Å². The number of hydrogen-bond acceptors (Lipinski definition) is 3. The predicted octanol–water partition coefficient (Wildman–Crippen LogP) is 5.48. The summed E-state index contributed by atoms with van der Waals surface area (Å²) in [5.74, 6) is 2.94. The zero-order valence-corrected chi connectivity index (χ0v) is 14.6. The maximum Gasteiger partial charge on any atom is 0.162 e. The number of ether oxygens (including phenoxy) is 2. The van der Waals surface area contributed by atoms with E-state index in [1.54, 1.807) is 0 Å². The lowest BCUT2D eigenvalue weighted by molar-refractivity contribution is 0.287. The summed E-state index contributed by atoms with van der Waals surface area (Å²) in [6.45, 7) is 6.91. The van der Waals surface area contributed by atoms with Gasteiger partial charge in [0.2, 0.25) is 0 Å². The number of alkyl halides is 1. The van der Waals surface area contributed by atoms with E-state index in [0.29, 0.717) is 30.5 Å². The molecule has 0 radical (unpaired) electrons. The minimum atomic E-state index is -0.386. The van der Waals surface area contributed by atoms with Gasteiger partial charge < -0.3 is 13.9 Å². The lowest BCUT2D eigenvalue weighted by atomic mass is 10.1. The van der Waals surface area contributed by atoms with Gasteiger partial charge in [-0.05, 0) is 50.6 Å². The fourth-order valence-electron chi connectivity index (χ4n) is 2.02. The first-order chi connectivity index (χ1) is 10.1. The molecule has 114 valence electrons. The fourth-order valence-corrected chi connectivity index (χ4v) is 3.01. The second-order valence-corrected chi connectivity index (χ2v) is 5.79. The maximum absolute atomic E-state index is 6.53. The Hall–Kier alpha value is -1.13. The fraction of sp³-hybridized carbons (Fsp3) is 0.375. The van der Waals surface area contributed by atoms with Crippen LogP contribution in [0, 0.1) is 6.92 Å². The van der Waals surface area contributed by atoms with Crippen LogP contribution in [0.4, 0.5) is 0 Å². The first-order valence-corrected chi connectivity index (χ1v) is 8.09. The van der Waals surface area contributed by atoms with E-state index in [0.717, 1.165) is 15.8 Å². The Morgan fingerprint density at radius 1 is 1.14 bits per heavy atom. The molecule has 0 saturated heterocycles. The van der Waals surface area contributed by atoms with Crippen LogP contribution < -0.4 is 9.47 Å². The molecule has 0 spiro atoms. The molecule has 1 aromatic carbocycles. The third-order valence-corrected chi connectivity index (χ3v) is 4.08. The van der Waals surface area contributed by atoms with Crippen molar-refractivity contribution in [2.75, 3.05) is 13.2 Å². The van der Waals surface area contributed by atoms with E-state index >= 15 is 0 Å². The average Bonchev–Trinajstić information content (AvgIpc) is 2.88. The molecule has 3 nitrogen and oxygen atoms in total. The Balaban J connectivity index is 2.40. The number of rotatable bonds is 6. The highest BCUT2D eigenvalue weighted by Gasteiger charge is 2.20. The first-order valence-electron chi connectivity index (χ1n) is 6.86. The number of aryl methyl sites for hydroxylation is 1. The summed E-state index contributed by atoms with van der Waals surface area (Å²) in [5, 5.41) is -0.386. The van der Waals surface area contributed by atoms with Gasteiger partial charge in [0.1, 0.15) is 16.9 Å². The van der Waals surface area contributed by atoms with Gasteiger partial charge in [-0.15, -0.1) is 11.6 Å². The quantitative estimate of drug-likeness (QED) is 0.629. The molecule has 0 amide bonds. The summed E-state index contributed by atoms with van der Waals surface area (Å²) < 4.78 is 17.7. The highest BCUT2D eigenvalue weighted by Crippen LogP contribution is 2.41. The number of halogens is 2. The van der Waals surface area contributed by atoms with Gasteiger partial charge >= 0.3 is 0 Å². The molecule has 2 aromatic rings. The van der Waals surface area contributed by atoms with Crippen LogP contribution in [0.25, 0.3) is 0 Å². The van der Waals surface area contributed by atoms with Crippen molar-refractivity contribution in [3.63, 3.8) is 0 Å². The Labute approximate surface area is 138 Å². The highest BCUT2D eigenvalue weighted by atomic mass is 79.9. The van der Waals surface area contributed by atoms with Crippen LogP contribution in [0.3, 0.4) is 0 Å². The summed E-state index contributed by atoms with van der Waals surface area (Å²) in [4.78, 5) is 0. The molecule has 2 rings (SSSR count). The normalized spacial score (nSPS) is 12.2. The third kappa shape index (κ3) is 3.74. The largest absolute Gasteiger partial charge is 0.490 e. The molecular formula is C16H18BrClO3. The highest BCUT2D eigenvalue weighted by molar-refractivity contribution is 9.10. The molecule has 0 bridgehead atoms. The van der Waals surface area contributed by atoms with Crippen molar-refractivity contribution in [2.24, 2.45) is 0 Å². The van der Waals surface area contributed by atoms with Crippen LogP contribution in [-0.4, -0.2) is 13.2 Å². The summed E-state index contributed by atoms with van der Waals surface area (Å²) in [6.07, 6.45) is 0. The lowest BCUT2D eigenvalue weighted by Gasteiger charge is -2.16. The van der Waals surface area contributed by atoms with Crippen molar-refractivity contribution < 1.29 is 13.9 Å². The molecule has 0 aliphatic carbocycles. The van der Waals surface area contributed by atoms with Crippen molar-refractivity contribution in [3.05, 3.63) is 45.8 Å². The smallest absolute Gasteiger partial charge is 0.162 e. The Bertz CT molecular complexity index is 610. The van der Waals surface area contributed by atoms with Crippen LogP contribution in [0.1, 0.15) is 36.3 Å². The molecule has 1 aromatic heterocycles. The molecule has 1 heterocycles. The van der Waals surface area contributed by atoms with Crippen LogP contribution in [0.2, 0.25) is 0 Å². The molecule has 0 saturated carbocycles. The third-order valence-electron chi connectivity index (χ3n) is 2.95. The van der Waals surface area contributed by atoms with E-state index in [-0.39, 0.29) is 5.38 Å². The minimum absolute atomic E-state index is 0.386. The summed E-state index contributed by atoms with van der Waals surface area (Å²) in [6, 6.07) is 7.57. The van der Waals surface area contributed by atoms with Crippen molar-refractivity contribution in [1.29, 1.82) is 0 Å². The van der Waals surface area contributed by atoms with Gasteiger partial charge in [0, 0.05) is 4.47 Å². The molecule has 0 aliphatic rings. The molecular weight excluding hydrogens is 356 g/mol. The van der Waals surface area contributed by atoms with Gasteiger partial charge in [0.25, 0.3) is 0 Å². The van der Waals surface area contributed by atoms with E-state index in [1.165, 1.54) is 0 Å². The van der Waals surface area contributed by atoms with Crippen LogP contribution >= 0.6 is 27.5 Å². The number of furan rings is 1. The van der Waals surface area contributed by atoms with Gasteiger partial charge in [-0.2, -0.15) is 0 Å². The number of hydrogen-bond donors (Lipinski definition) is 0. The second kappa shape index (κ2) is 7.23. The average molecular weight is 374 g/mol. The maximum atomic E-state index is 6.53. The molecule has 0 aliphatic heterocycles. The standard InChI is InChI=1S/C16H18BrClO3/c1-4-19-14-8-11(12(17)9-15(14)20-5-2)16(18)13-7-6-10(3)21-13/h6-9,16H,4-5H2,1-3H3.